The molecule has 1 fully saturated rings. The van der Waals surface area contributed by atoms with Gasteiger partial charge in [0.05, 0.1) is 10.1 Å². The van der Waals surface area contributed by atoms with Gasteiger partial charge in [0.1, 0.15) is 5.82 Å². The van der Waals surface area contributed by atoms with E-state index >= 15 is 0 Å². The molecule has 5 rings (SSSR count). The fraction of sp³-hybridized carbons (Fsp3) is 0.417. The summed E-state index contributed by atoms with van der Waals surface area (Å²) in [5.41, 5.74) is 3.10. The van der Waals surface area contributed by atoms with Gasteiger partial charge >= 0.3 is 0 Å². The molecular weight excluding hydrogens is 392 g/mol. The zero-order valence-corrected chi connectivity index (χ0v) is 18.7. The molecule has 0 bridgehead atoms. The van der Waals surface area contributed by atoms with Gasteiger partial charge in [0.25, 0.3) is 0 Å². The predicted molar refractivity (Wildman–Crippen MR) is 125 cm³/mol. The first-order chi connectivity index (χ1) is 14.4. The highest BCUT2D eigenvalue weighted by molar-refractivity contribution is 7.13. The second kappa shape index (κ2) is 7.36. The van der Waals surface area contributed by atoms with Gasteiger partial charge in [-0.2, -0.15) is 4.37 Å². The molecule has 0 saturated carbocycles. The first kappa shape index (κ1) is 19.5. The van der Waals surface area contributed by atoms with Crippen LogP contribution >= 0.6 is 11.5 Å². The number of hydrogen-bond donors (Lipinski definition) is 0. The Morgan fingerprint density at radius 1 is 1.07 bits per heavy atom. The number of piperazine rings is 1. The van der Waals surface area contributed by atoms with Crippen LogP contribution in [-0.2, 0) is 16.6 Å². The molecule has 0 radical (unpaired) electrons. The molecule has 2 aliphatic heterocycles. The lowest BCUT2D eigenvalue weighted by atomic mass is 9.85. The lowest BCUT2D eigenvalue weighted by Gasteiger charge is -2.35. The summed E-state index contributed by atoms with van der Waals surface area (Å²) in [4.78, 5) is 19.3. The molecule has 6 heteroatoms. The molecule has 3 heterocycles. The number of benzene rings is 2. The van der Waals surface area contributed by atoms with Crippen LogP contribution in [0.1, 0.15) is 25.0 Å². The Labute approximate surface area is 182 Å². The minimum absolute atomic E-state index is 0.181. The molecule has 2 aliphatic rings. The van der Waals surface area contributed by atoms with E-state index in [4.69, 9.17) is 4.37 Å². The van der Waals surface area contributed by atoms with Gasteiger partial charge in [0.15, 0.2) is 0 Å². The van der Waals surface area contributed by atoms with Crippen LogP contribution in [-0.4, -0.2) is 55.0 Å². The molecule has 0 unspecified atom stereocenters. The van der Waals surface area contributed by atoms with Crippen molar-refractivity contribution in [1.82, 2.24) is 9.27 Å². The number of amides is 1. The minimum atomic E-state index is -0.429. The SMILES string of the molecule is CN1C(=O)C(C)(C)c2cc(CCN3CCN(c4nsc5ccccc45)CC3)ccc21. The first-order valence-corrected chi connectivity index (χ1v) is 11.5. The van der Waals surface area contributed by atoms with Crippen LogP contribution in [0.4, 0.5) is 11.5 Å². The molecule has 156 valence electrons. The highest BCUT2D eigenvalue weighted by Crippen LogP contribution is 2.41. The predicted octanol–water partition coefficient (Wildman–Crippen LogP) is 3.92. The summed E-state index contributed by atoms with van der Waals surface area (Å²) in [5.74, 6) is 1.32. The van der Waals surface area contributed by atoms with E-state index in [0.29, 0.717) is 0 Å². The topological polar surface area (TPSA) is 39.7 Å². The standard InChI is InChI=1S/C24H28N4OS/c1-24(2)19-16-17(8-9-20(19)26(3)23(24)29)10-11-27-12-14-28(15-13-27)22-18-6-4-5-7-21(18)30-25-22/h4-9,16H,10-15H2,1-3H3. The van der Waals surface area contributed by atoms with Crippen LogP contribution in [0, 0.1) is 0 Å². The molecule has 0 atom stereocenters. The maximum Gasteiger partial charge on any atom is 0.236 e. The zero-order chi connectivity index (χ0) is 20.9. The van der Waals surface area contributed by atoms with Crippen LogP contribution in [0.5, 0.6) is 0 Å². The van der Waals surface area contributed by atoms with Crippen molar-refractivity contribution in [2.75, 3.05) is 49.6 Å². The summed E-state index contributed by atoms with van der Waals surface area (Å²) in [5, 5.41) is 1.27. The number of rotatable bonds is 4. The fourth-order valence-electron chi connectivity index (χ4n) is 4.75. The number of likely N-dealkylation sites (N-methyl/N-ethyl adjacent to an activating group) is 1. The number of anilines is 2. The molecule has 0 N–H and O–H groups in total. The average molecular weight is 421 g/mol. The monoisotopic (exact) mass is 420 g/mol. The van der Waals surface area contributed by atoms with E-state index in [0.717, 1.165) is 56.2 Å². The minimum Gasteiger partial charge on any atom is -0.353 e. The Morgan fingerprint density at radius 2 is 1.83 bits per heavy atom. The Morgan fingerprint density at radius 3 is 2.63 bits per heavy atom. The van der Waals surface area contributed by atoms with Crippen molar-refractivity contribution in [3.63, 3.8) is 0 Å². The van der Waals surface area contributed by atoms with Crippen molar-refractivity contribution in [3.05, 3.63) is 53.6 Å². The van der Waals surface area contributed by atoms with Crippen molar-refractivity contribution >= 4 is 39.0 Å². The maximum absolute atomic E-state index is 12.5. The third-order valence-electron chi connectivity index (χ3n) is 6.68. The molecule has 3 aromatic rings. The lowest BCUT2D eigenvalue weighted by Crippen LogP contribution is -2.47. The van der Waals surface area contributed by atoms with Gasteiger partial charge in [-0.25, -0.2) is 0 Å². The number of nitrogens with zero attached hydrogens (tertiary/aromatic N) is 4. The Hall–Kier alpha value is -2.44. The van der Waals surface area contributed by atoms with E-state index in [9.17, 15) is 4.79 Å². The summed E-state index contributed by atoms with van der Waals surface area (Å²) >= 11 is 1.59. The number of carbonyl (C=O) groups excluding carboxylic acids is 1. The Bertz CT molecular complexity index is 1100. The highest BCUT2D eigenvalue weighted by Gasteiger charge is 2.42. The quantitative estimate of drug-likeness (QED) is 0.642. The molecule has 1 amide bonds. The van der Waals surface area contributed by atoms with E-state index in [-0.39, 0.29) is 5.91 Å². The molecule has 30 heavy (non-hydrogen) atoms. The number of aromatic nitrogens is 1. The van der Waals surface area contributed by atoms with Crippen molar-refractivity contribution in [1.29, 1.82) is 0 Å². The van der Waals surface area contributed by atoms with Gasteiger partial charge in [-0.3, -0.25) is 9.69 Å². The van der Waals surface area contributed by atoms with Crippen molar-refractivity contribution in [2.45, 2.75) is 25.7 Å². The average Bonchev–Trinajstić information content (AvgIpc) is 3.27. The maximum atomic E-state index is 12.5. The van der Waals surface area contributed by atoms with Crippen LogP contribution in [0.25, 0.3) is 10.1 Å². The van der Waals surface area contributed by atoms with Crippen molar-refractivity contribution in [2.24, 2.45) is 0 Å². The van der Waals surface area contributed by atoms with Gasteiger partial charge in [0.2, 0.25) is 5.91 Å². The van der Waals surface area contributed by atoms with E-state index in [1.165, 1.54) is 15.6 Å². The van der Waals surface area contributed by atoms with Crippen LogP contribution in [0.3, 0.4) is 0 Å². The molecule has 1 saturated heterocycles. The summed E-state index contributed by atoms with van der Waals surface area (Å²) in [6.45, 7) is 9.27. The smallest absolute Gasteiger partial charge is 0.236 e. The second-order valence-electron chi connectivity index (χ2n) is 8.92. The van der Waals surface area contributed by atoms with Crippen LogP contribution in [0.15, 0.2) is 42.5 Å². The van der Waals surface area contributed by atoms with E-state index in [1.54, 1.807) is 16.4 Å². The Kier molecular flexibility index (Phi) is 4.79. The third-order valence-corrected chi connectivity index (χ3v) is 7.50. The largest absolute Gasteiger partial charge is 0.353 e. The number of carbonyl (C=O) groups is 1. The van der Waals surface area contributed by atoms with Crippen molar-refractivity contribution in [3.8, 4) is 0 Å². The van der Waals surface area contributed by atoms with E-state index in [2.05, 4.69) is 52.3 Å². The van der Waals surface area contributed by atoms with E-state index in [1.807, 2.05) is 20.9 Å². The molecule has 5 nitrogen and oxygen atoms in total. The molecular formula is C24H28N4OS. The van der Waals surface area contributed by atoms with Gasteiger partial charge in [-0.05, 0) is 61.1 Å². The zero-order valence-electron chi connectivity index (χ0n) is 17.9. The highest BCUT2D eigenvalue weighted by atomic mass is 32.1. The summed E-state index contributed by atoms with van der Waals surface area (Å²) < 4.78 is 5.98. The summed E-state index contributed by atoms with van der Waals surface area (Å²) in [6.07, 6.45) is 1.01. The molecule has 0 spiro atoms. The second-order valence-corrected chi connectivity index (χ2v) is 9.73. The summed E-state index contributed by atoms with van der Waals surface area (Å²) in [6, 6.07) is 15.0. The van der Waals surface area contributed by atoms with Gasteiger partial charge in [-0.1, -0.05) is 24.3 Å². The number of fused-ring (bicyclic) bond motifs is 2. The Balaban J connectivity index is 1.21. The summed E-state index contributed by atoms with van der Waals surface area (Å²) in [7, 11) is 1.88. The first-order valence-electron chi connectivity index (χ1n) is 10.7. The molecule has 1 aromatic heterocycles. The molecule has 2 aromatic carbocycles. The van der Waals surface area contributed by atoms with Crippen LogP contribution < -0.4 is 9.80 Å². The van der Waals surface area contributed by atoms with Crippen LogP contribution in [0.2, 0.25) is 0 Å². The normalized spacial score (nSPS) is 19.0. The lowest BCUT2D eigenvalue weighted by molar-refractivity contribution is -0.121. The third kappa shape index (κ3) is 3.19. The van der Waals surface area contributed by atoms with Gasteiger partial charge in [0, 0.05) is 50.8 Å². The van der Waals surface area contributed by atoms with Gasteiger partial charge < -0.3 is 9.80 Å². The van der Waals surface area contributed by atoms with Crippen molar-refractivity contribution < 1.29 is 4.79 Å². The molecule has 0 aliphatic carbocycles. The van der Waals surface area contributed by atoms with E-state index < -0.39 is 5.41 Å². The number of hydrogen-bond acceptors (Lipinski definition) is 5. The van der Waals surface area contributed by atoms with Gasteiger partial charge in [-0.15, -0.1) is 0 Å². The fourth-order valence-corrected chi connectivity index (χ4v) is 5.54.